The SMILES string of the molecule is C=CC(=O)n1cc(-c2cccc(NC(C)=O)c2)cn1. The molecule has 0 saturated heterocycles. The van der Waals surface area contributed by atoms with Gasteiger partial charge in [0.25, 0.3) is 5.91 Å². The molecule has 1 heterocycles. The number of rotatable bonds is 3. The monoisotopic (exact) mass is 255 g/mol. The normalized spacial score (nSPS) is 9.95. The average molecular weight is 255 g/mol. The van der Waals surface area contributed by atoms with Crippen LogP contribution in [0.3, 0.4) is 0 Å². The molecule has 0 atom stereocenters. The molecule has 1 amide bonds. The summed E-state index contributed by atoms with van der Waals surface area (Å²) in [6, 6.07) is 7.32. The molecule has 0 aliphatic rings. The zero-order chi connectivity index (χ0) is 13.8. The maximum atomic E-state index is 11.4. The van der Waals surface area contributed by atoms with E-state index in [0.29, 0.717) is 5.69 Å². The van der Waals surface area contributed by atoms with Crippen LogP contribution in [0.15, 0.2) is 49.3 Å². The fourth-order valence-corrected chi connectivity index (χ4v) is 1.67. The van der Waals surface area contributed by atoms with E-state index in [4.69, 9.17) is 0 Å². The summed E-state index contributed by atoms with van der Waals surface area (Å²) in [6.07, 6.45) is 4.41. The lowest BCUT2D eigenvalue weighted by molar-refractivity contribution is -0.114. The minimum Gasteiger partial charge on any atom is -0.326 e. The summed E-state index contributed by atoms with van der Waals surface area (Å²) in [5.74, 6) is -0.418. The Balaban J connectivity index is 2.31. The van der Waals surface area contributed by atoms with Crippen molar-refractivity contribution in [2.45, 2.75) is 6.92 Å². The van der Waals surface area contributed by atoms with Gasteiger partial charge >= 0.3 is 0 Å². The molecule has 0 spiro atoms. The predicted molar refractivity (Wildman–Crippen MR) is 72.8 cm³/mol. The summed E-state index contributed by atoms with van der Waals surface area (Å²) in [6.45, 7) is 4.86. The van der Waals surface area contributed by atoms with Crippen LogP contribution in [0.2, 0.25) is 0 Å². The van der Waals surface area contributed by atoms with Gasteiger partial charge < -0.3 is 5.32 Å². The molecule has 0 bridgehead atoms. The molecule has 1 aromatic heterocycles. The van der Waals surface area contributed by atoms with Crippen molar-refractivity contribution < 1.29 is 9.59 Å². The van der Waals surface area contributed by atoms with Crippen molar-refractivity contribution in [1.82, 2.24) is 9.78 Å². The standard InChI is InChI=1S/C14H13N3O2/c1-3-14(19)17-9-12(8-15-17)11-5-4-6-13(7-11)16-10(2)18/h3-9H,1H2,2H3,(H,16,18). The highest BCUT2D eigenvalue weighted by atomic mass is 16.2. The second-order valence-corrected chi connectivity index (χ2v) is 3.98. The van der Waals surface area contributed by atoms with Crippen molar-refractivity contribution in [3.05, 3.63) is 49.3 Å². The first-order valence-electron chi connectivity index (χ1n) is 5.69. The molecule has 2 aromatic rings. The Bertz CT molecular complexity index is 644. The number of nitrogens with one attached hydrogen (secondary N) is 1. The average Bonchev–Trinajstić information content (AvgIpc) is 2.87. The molecule has 1 aromatic carbocycles. The lowest BCUT2D eigenvalue weighted by Crippen LogP contribution is -2.06. The number of nitrogens with zero attached hydrogens (tertiary/aromatic N) is 2. The molecule has 0 saturated carbocycles. The number of hydrogen-bond acceptors (Lipinski definition) is 3. The van der Waals surface area contributed by atoms with Crippen molar-refractivity contribution in [3.8, 4) is 11.1 Å². The highest BCUT2D eigenvalue weighted by molar-refractivity contribution is 5.90. The number of hydrogen-bond donors (Lipinski definition) is 1. The van der Waals surface area contributed by atoms with Crippen LogP contribution in [0.5, 0.6) is 0 Å². The van der Waals surface area contributed by atoms with Crippen molar-refractivity contribution in [3.63, 3.8) is 0 Å². The molecule has 0 fully saturated rings. The highest BCUT2D eigenvalue weighted by Crippen LogP contribution is 2.22. The van der Waals surface area contributed by atoms with Gasteiger partial charge in [-0.05, 0) is 23.8 Å². The van der Waals surface area contributed by atoms with E-state index in [0.717, 1.165) is 11.1 Å². The van der Waals surface area contributed by atoms with Gasteiger partial charge in [0, 0.05) is 24.4 Å². The second kappa shape index (κ2) is 5.30. The Hall–Kier alpha value is -2.69. The molecule has 0 unspecified atom stereocenters. The van der Waals surface area contributed by atoms with Crippen LogP contribution in [0.1, 0.15) is 11.7 Å². The molecular formula is C14H13N3O2. The van der Waals surface area contributed by atoms with E-state index in [1.54, 1.807) is 18.5 Å². The topological polar surface area (TPSA) is 64.0 Å². The molecule has 0 aliphatic heterocycles. The summed E-state index contributed by atoms with van der Waals surface area (Å²) in [4.78, 5) is 22.4. The summed E-state index contributed by atoms with van der Waals surface area (Å²) < 4.78 is 1.22. The fourth-order valence-electron chi connectivity index (χ4n) is 1.67. The number of allylic oxidation sites excluding steroid dienone is 1. The summed E-state index contributed by atoms with van der Waals surface area (Å²) in [5.41, 5.74) is 2.37. The lowest BCUT2D eigenvalue weighted by Gasteiger charge is -2.03. The van der Waals surface area contributed by atoms with Gasteiger partial charge in [-0.3, -0.25) is 9.59 Å². The van der Waals surface area contributed by atoms with E-state index in [1.807, 2.05) is 18.2 Å². The van der Waals surface area contributed by atoms with E-state index in [9.17, 15) is 9.59 Å². The molecule has 0 radical (unpaired) electrons. The molecule has 5 nitrogen and oxygen atoms in total. The number of anilines is 1. The Labute approximate surface area is 110 Å². The largest absolute Gasteiger partial charge is 0.326 e. The fraction of sp³-hybridized carbons (Fsp3) is 0.0714. The van der Waals surface area contributed by atoms with E-state index in [-0.39, 0.29) is 11.8 Å². The van der Waals surface area contributed by atoms with Gasteiger partial charge in [-0.25, -0.2) is 4.68 Å². The van der Waals surface area contributed by atoms with Crippen LogP contribution in [0.25, 0.3) is 11.1 Å². The minimum atomic E-state index is -0.288. The zero-order valence-electron chi connectivity index (χ0n) is 10.5. The van der Waals surface area contributed by atoms with Crippen LogP contribution in [-0.2, 0) is 4.79 Å². The maximum absolute atomic E-state index is 11.4. The van der Waals surface area contributed by atoms with Gasteiger partial charge in [0.2, 0.25) is 5.91 Å². The third-order valence-corrected chi connectivity index (χ3v) is 2.50. The van der Waals surface area contributed by atoms with Crippen molar-refractivity contribution in [2.24, 2.45) is 0 Å². The summed E-state index contributed by atoms with van der Waals surface area (Å²) >= 11 is 0. The molecular weight excluding hydrogens is 242 g/mol. The molecule has 2 rings (SSSR count). The van der Waals surface area contributed by atoms with Gasteiger partial charge in [-0.15, -0.1) is 0 Å². The Morgan fingerprint density at radius 3 is 2.84 bits per heavy atom. The first kappa shape index (κ1) is 12.8. The van der Waals surface area contributed by atoms with Crippen molar-refractivity contribution in [2.75, 3.05) is 5.32 Å². The number of amides is 1. The van der Waals surface area contributed by atoms with Gasteiger partial charge in [0.15, 0.2) is 0 Å². The molecule has 1 N–H and O–H groups in total. The number of carbonyl (C=O) groups excluding carboxylic acids is 2. The number of benzene rings is 1. The van der Waals surface area contributed by atoms with Crippen LogP contribution in [0, 0.1) is 0 Å². The van der Waals surface area contributed by atoms with Gasteiger partial charge in [-0.1, -0.05) is 18.7 Å². The predicted octanol–water partition coefficient (Wildman–Crippen LogP) is 2.33. The highest BCUT2D eigenvalue weighted by Gasteiger charge is 2.06. The Kier molecular flexibility index (Phi) is 3.56. The van der Waals surface area contributed by atoms with Crippen LogP contribution < -0.4 is 5.32 Å². The second-order valence-electron chi connectivity index (χ2n) is 3.98. The van der Waals surface area contributed by atoms with Gasteiger partial charge in [-0.2, -0.15) is 5.10 Å². The molecule has 96 valence electrons. The van der Waals surface area contributed by atoms with Crippen LogP contribution >= 0.6 is 0 Å². The lowest BCUT2D eigenvalue weighted by atomic mass is 10.1. The van der Waals surface area contributed by atoms with E-state index >= 15 is 0 Å². The molecule has 19 heavy (non-hydrogen) atoms. The van der Waals surface area contributed by atoms with Crippen molar-refractivity contribution >= 4 is 17.5 Å². The van der Waals surface area contributed by atoms with Crippen LogP contribution in [-0.4, -0.2) is 21.6 Å². The maximum Gasteiger partial charge on any atom is 0.270 e. The summed E-state index contributed by atoms with van der Waals surface area (Å²) in [7, 11) is 0. The van der Waals surface area contributed by atoms with E-state index in [2.05, 4.69) is 17.0 Å². The quantitative estimate of drug-likeness (QED) is 0.856. The third-order valence-electron chi connectivity index (χ3n) is 2.50. The molecule has 0 aliphatic carbocycles. The number of carbonyl (C=O) groups is 2. The minimum absolute atomic E-state index is 0.130. The van der Waals surface area contributed by atoms with Gasteiger partial charge in [0.05, 0.1) is 6.20 Å². The molecule has 5 heteroatoms. The van der Waals surface area contributed by atoms with Crippen molar-refractivity contribution in [1.29, 1.82) is 0 Å². The third kappa shape index (κ3) is 2.95. The Morgan fingerprint density at radius 1 is 1.37 bits per heavy atom. The first-order valence-corrected chi connectivity index (χ1v) is 5.69. The smallest absolute Gasteiger partial charge is 0.270 e. The first-order chi connectivity index (χ1) is 9.10. The van der Waals surface area contributed by atoms with E-state index < -0.39 is 0 Å². The number of aromatic nitrogens is 2. The Morgan fingerprint density at radius 2 is 2.16 bits per heavy atom. The van der Waals surface area contributed by atoms with Crippen LogP contribution in [0.4, 0.5) is 5.69 Å². The van der Waals surface area contributed by atoms with Gasteiger partial charge in [0.1, 0.15) is 0 Å². The van der Waals surface area contributed by atoms with E-state index in [1.165, 1.54) is 17.7 Å². The zero-order valence-corrected chi connectivity index (χ0v) is 10.5. The summed E-state index contributed by atoms with van der Waals surface area (Å²) in [5, 5.41) is 6.67.